The topological polar surface area (TPSA) is 204 Å². The van der Waals surface area contributed by atoms with Crippen LogP contribution in [0.3, 0.4) is 0 Å². The van der Waals surface area contributed by atoms with Gasteiger partial charge in [-0.1, -0.05) is 18.2 Å². The number of nitrogens with zero attached hydrogens (tertiary/aromatic N) is 4. The van der Waals surface area contributed by atoms with Gasteiger partial charge in [0, 0.05) is 0 Å². The second kappa shape index (κ2) is 11.7. The molecule has 6 atom stereocenters. The van der Waals surface area contributed by atoms with Crippen molar-refractivity contribution in [2.24, 2.45) is 0 Å². The minimum atomic E-state index is -4.30. The number of ether oxygens (including phenoxy) is 2. The van der Waals surface area contributed by atoms with E-state index in [1.54, 1.807) is 36.4 Å². The van der Waals surface area contributed by atoms with Crippen LogP contribution in [0, 0.1) is 11.3 Å². The van der Waals surface area contributed by atoms with Crippen LogP contribution in [0.4, 0.5) is 5.82 Å². The molecule has 1 aliphatic heterocycles. The summed E-state index contributed by atoms with van der Waals surface area (Å²) < 4.78 is 37.9. The number of nitrogens with one attached hydrogen (secondary N) is 1. The van der Waals surface area contributed by atoms with E-state index < -0.39 is 50.3 Å². The number of nitriles is 1. The number of para-hydroxylation sites is 1. The molecule has 218 valence electrons. The molecule has 3 heterocycles. The Morgan fingerprint density at radius 3 is 2.73 bits per heavy atom. The number of carbonyl (C=O) groups excluding carboxylic acids is 1. The lowest BCUT2D eigenvalue weighted by atomic mass is 9.92. The van der Waals surface area contributed by atoms with Gasteiger partial charge in [-0.05, 0) is 56.9 Å². The highest BCUT2D eigenvalue weighted by Crippen LogP contribution is 2.47. The molecule has 1 aliphatic carbocycles. The number of hydrogen-bond donors (Lipinski definition) is 4. The second-order valence-corrected chi connectivity index (χ2v) is 11.7. The van der Waals surface area contributed by atoms with Gasteiger partial charge in [0.15, 0.2) is 5.82 Å². The second-order valence-electron chi connectivity index (χ2n) is 9.99. The first-order valence-electron chi connectivity index (χ1n) is 13.2. The quantitative estimate of drug-likeness (QED) is 0.198. The normalized spacial score (nSPS) is 26.8. The molecule has 5 rings (SSSR count). The Labute approximate surface area is 235 Å². The zero-order chi connectivity index (χ0) is 29.2. The Bertz CT molecular complexity index is 1480. The number of carbonyl (C=O) groups is 1. The number of nitrogens with two attached hydrogens (primary N) is 1. The summed E-state index contributed by atoms with van der Waals surface area (Å²) in [7, 11) is -4.30. The number of aromatic nitrogens is 3. The molecule has 1 aromatic carbocycles. The molecule has 0 amide bonds. The Hall–Kier alpha value is -3.57. The molecule has 0 spiro atoms. The van der Waals surface area contributed by atoms with Crippen LogP contribution in [-0.4, -0.2) is 67.8 Å². The first-order chi connectivity index (χ1) is 19.7. The number of rotatable bonds is 10. The Morgan fingerprint density at radius 1 is 1.29 bits per heavy atom. The summed E-state index contributed by atoms with van der Waals surface area (Å²) in [5.41, 5.74) is 4.29. The molecule has 2 aromatic heterocycles. The van der Waals surface area contributed by atoms with Crippen molar-refractivity contribution in [1.82, 2.24) is 19.7 Å². The Kier molecular flexibility index (Phi) is 8.28. The molecule has 3 aromatic rings. The number of esters is 1. The van der Waals surface area contributed by atoms with E-state index in [4.69, 9.17) is 24.3 Å². The van der Waals surface area contributed by atoms with Gasteiger partial charge < -0.3 is 29.9 Å². The van der Waals surface area contributed by atoms with Crippen LogP contribution in [0.1, 0.15) is 38.3 Å². The smallest absolute Gasteiger partial charge is 0.459 e. The van der Waals surface area contributed by atoms with Crippen LogP contribution in [0.2, 0.25) is 0 Å². The summed E-state index contributed by atoms with van der Waals surface area (Å²) in [5.74, 6) is -0.288. The fraction of sp³-hybridized carbons (Fsp3) is 0.462. The van der Waals surface area contributed by atoms with Gasteiger partial charge in [-0.2, -0.15) is 15.4 Å². The van der Waals surface area contributed by atoms with Crippen LogP contribution in [0.15, 0.2) is 48.8 Å². The van der Waals surface area contributed by atoms with Crippen molar-refractivity contribution in [3.8, 4) is 11.8 Å². The summed E-state index contributed by atoms with van der Waals surface area (Å²) in [6.07, 6.45) is -0.246. The average molecular weight is 587 g/mol. The molecule has 2 aliphatic rings. The zero-order valence-corrected chi connectivity index (χ0v) is 23.1. The lowest BCUT2D eigenvalue weighted by Crippen LogP contribution is -2.41. The number of aliphatic hydroxyl groups is 2. The number of hydrogen-bond acceptors (Lipinski definition) is 12. The van der Waals surface area contributed by atoms with Gasteiger partial charge in [-0.3, -0.25) is 9.32 Å². The first kappa shape index (κ1) is 28.9. The minimum absolute atomic E-state index is 0.100. The molecule has 5 N–H and O–H groups in total. The summed E-state index contributed by atoms with van der Waals surface area (Å²) >= 11 is 0. The molecule has 41 heavy (non-hydrogen) atoms. The molecule has 1 saturated heterocycles. The molecular formula is C26H31N6O8P. The summed E-state index contributed by atoms with van der Waals surface area (Å²) in [6, 6.07) is 12.1. The highest BCUT2D eigenvalue weighted by molar-refractivity contribution is 7.52. The van der Waals surface area contributed by atoms with E-state index in [1.165, 1.54) is 23.8 Å². The maximum Gasteiger partial charge on any atom is 0.459 e. The van der Waals surface area contributed by atoms with E-state index in [9.17, 15) is 24.8 Å². The van der Waals surface area contributed by atoms with Gasteiger partial charge in [0.05, 0.1) is 12.3 Å². The maximum absolute atomic E-state index is 13.9. The monoisotopic (exact) mass is 586 g/mol. The van der Waals surface area contributed by atoms with Crippen molar-refractivity contribution in [3.63, 3.8) is 0 Å². The lowest BCUT2D eigenvalue weighted by Gasteiger charge is -2.26. The van der Waals surface area contributed by atoms with Crippen molar-refractivity contribution in [3.05, 3.63) is 54.5 Å². The van der Waals surface area contributed by atoms with Gasteiger partial charge in [0.1, 0.15) is 54.1 Å². The summed E-state index contributed by atoms with van der Waals surface area (Å²) in [5, 5.41) is 38.7. The van der Waals surface area contributed by atoms with Gasteiger partial charge >= 0.3 is 13.7 Å². The molecule has 1 saturated carbocycles. The third-order valence-electron chi connectivity index (χ3n) is 7.15. The third-order valence-corrected chi connectivity index (χ3v) is 8.80. The highest BCUT2D eigenvalue weighted by atomic mass is 31.2. The summed E-state index contributed by atoms with van der Waals surface area (Å²) in [6.45, 7) is 0.891. The predicted octanol–water partition coefficient (Wildman–Crippen LogP) is 1.82. The first-order valence-corrected chi connectivity index (χ1v) is 14.7. The van der Waals surface area contributed by atoms with E-state index >= 15 is 0 Å². The van der Waals surface area contributed by atoms with Gasteiger partial charge in [0.2, 0.25) is 5.60 Å². The fourth-order valence-corrected chi connectivity index (χ4v) is 6.50. The van der Waals surface area contributed by atoms with Crippen LogP contribution in [0.25, 0.3) is 5.52 Å². The van der Waals surface area contributed by atoms with Crippen molar-refractivity contribution < 1.29 is 38.1 Å². The standard InChI is InChI=1S/C26H31N6O8P/c1-16(25(35)38-17-7-5-6-8-17)31-41(36,40-18-9-3-2-4-10-18)37-13-20-22(33)23(34)26(14-27,39-20)21-12-11-19-24(28)29-15-30-32(19)21/h2-4,9-12,15-17,20,22-23,33-34H,5-8,13H2,1H3,(H,31,36)(H2,28,29,30)/t16-,20+,22+,23+,26?,41?/m0/s1. The number of benzene rings is 1. The van der Waals surface area contributed by atoms with E-state index in [1.807, 2.05) is 6.07 Å². The fourth-order valence-electron chi connectivity index (χ4n) is 4.99. The van der Waals surface area contributed by atoms with Crippen molar-refractivity contribution in [1.29, 1.82) is 5.26 Å². The summed E-state index contributed by atoms with van der Waals surface area (Å²) in [4.78, 5) is 16.6. The molecular weight excluding hydrogens is 555 g/mol. The highest BCUT2D eigenvalue weighted by Gasteiger charge is 2.58. The molecule has 0 bridgehead atoms. The van der Waals surface area contributed by atoms with E-state index in [2.05, 4.69) is 15.2 Å². The van der Waals surface area contributed by atoms with Gasteiger partial charge in [0.25, 0.3) is 0 Å². The van der Waals surface area contributed by atoms with E-state index in [0.717, 1.165) is 25.7 Å². The third kappa shape index (κ3) is 5.78. The SMILES string of the molecule is C[C@H](NP(=O)(OC[C@H]1OC(C#N)(c2ccc3c(N)ncnn23)[C@H](O)[C@@H]1O)Oc1ccccc1)C(=O)OC1CCCC1. The van der Waals surface area contributed by atoms with Crippen LogP contribution in [-0.2, 0) is 29.0 Å². The van der Waals surface area contributed by atoms with Gasteiger partial charge in [-0.15, -0.1) is 0 Å². The number of anilines is 1. The van der Waals surface area contributed by atoms with Crippen LogP contribution in [0.5, 0.6) is 5.75 Å². The van der Waals surface area contributed by atoms with E-state index in [-0.39, 0.29) is 23.4 Å². The molecule has 0 radical (unpaired) electrons. The Morgan fingerprint density at radius 2 is 2.02 bits per heavy atom. The number of nitrogen functional groups attached to an aromatic ring is 1. The van der Waals surface area contributed by atoms with Crippen molar-refractivity contribution >= 4 is 25.1 Å². The van der Waals surface area contributed by atoms with Crippen molar-refractivity contribution in [2.75, 3.05) is 12.3 Å². The van der Waals surface area contributed by atoms with Crippen LogP contribution < -0.4 is 15.3 Å². The molecule has 15 heteroatoms. The average Bonchev–Trinajstić information content (AvgIpc) is 3.69. The molecule has 2 unspecified atom stereocenters. The van der Waals surface area contributed by atoms with Gasteiger partial charge in [-0.25, -0.2) is 14.1 Å². The van der Waals surface area contributed by atoms with E-state index in [0.29, 0.717) is 5.52 Å². The lowest BCUT2D eigenvalue weighted by molar-refractivity contribution is -0.150. The van der Waals surface area contributed by atoms with Crippen molar-refractivity contribution in [2.45, 2.75) is 68.7 Å². The largest absolute Gasteiger partial charge is 0.461 e. The van der Waals surface area contributed by atoms with Crippen LogP contribution >= 0.6 is 7.75 Å². The number of aliphatic hydroxyl groups excluding tert-OH is 2. The Balaban J connectivity index is 1.35. The molecule has 14 nitrogen and oxygen atoms in total. The maximum atomic E-state index is 13.9. The number of fused-ring (bicyclic) bond motifs is 1. The predicted molar refractivity (Wildman–Crippen MR) is 143 cm³/mol. The minimum Gasteiger partial charge on any atom is -0.461 e. The zero-order valence-electron chi connectivity index (χ0n) is 22.2. The molecule has 2 fully saturated rings.